The zero-order chi connectivity index (χ0) is 13.2. The van der Waals surface area contributed by atoms with Gasteiger partial charge in [0.15, 0.2) is 5.69 Å². The lowest BCUT2D eigenvalue weighted by Crippen LogP contribution is -2.03. The SMILES string of the molecule is N#Cc1csc(CNc2nnc(C(F)(F)F)s2)n1. The van der Waals surface area contributed by atoms with Crippen molar-refractivity contribution < 1.29 is 13.2 Å². The molecule has 0 saturated heterocycles. The first kappa shape index (κ1) is 12.7. The second-order valence-electron chi connectivity index (χ2n) is 3.00. The van der Waals surface area contributed by atoms with Crippen molar-refractivity contribution in [1.82, 2.24) is 15.2 Å². The average molecular weight is 291 g/mol. The standard InChI is InChI=1S/C8H4F3N5S2/c9-8(10,11)6-15-16-7(18-6)13-2-5-14-4(1-12)3-17-5/h3H,2H2,(H,13,16). The third kappa shape index (κ3) is 2.93. The van der Waals surface area contributed by atoms with E-state index in [4.69, 9.17) is 5.26 Å². The first-order chi connectivity index (χ1) is 8.49. The maximum atomic E-state index is 12.2. The molecule has 0 bridgehead atoms. The number of thiazole rings is 1. The highest BCUT2D eigenvalue weighted by Gasteiger charge is 2.35. The van der Waals surface area contributed by atoms with Crippen LogP contribution in [0.3, 0.4) is 0 Å². The topological polar surface area (TPSA) is 74.5 Å². The Hall–Kier alpha value is -1.73. The normalized spacial score (nSPS) is 11.2. The fourth-order valence-corrected chi connectivity index (χ4v) is 2.27. The molecule has 2 heterocycles. The molecule has 2 aromatic heterocycles. The molecular weight excluding hydrogens is 287 g/mol. The summed E-state index contributed by atoms with van der Waals surface area (Å²) in [5, 5.41) is 18.9. The van der Waals surface area contributed by atoms with Crippen molar-refractivity contribution in [2.45, 2.75) is 12.7 Å². The molecule has 1 N–H and O–H groups in total. The Morgan fingerprint density at radius 2 is 2.17 bits per heavy atom. The summed E-state index contributed by atoms with van der Waals surface area (Å²) >= 11 is 1.67. The number of halogens is 3. The van der Waals surface area contributed by atoms with Crippen LogP contribution in [0.5, 0.6) is 0 Å². The van der Waals surface area contributed by atoms with Gasteiger partial charge in [0.05, 0.1) is 6.54 Å². The Bertz CT molecular complexity index is 582. The number of nitrogens with one attached hydrogen (secondary N) is 1. The summed E-state index contributed by atoms with van der Waals surface area (Å²) in [5.41, 5.74) is 0.282. The van der Waals surface area contributed by atoms with Gasteiger partial charge in [0.25, 0.3) is 0 Å². The highest BCUT2D eigenvalue weighted by Crippen LogP contribution is 2.33. The molecule has 0 aliphatic rings. The predicted octanol–water partition coefficient (Wildman–Crippen LogP) is 2.50. The van der Waals surface area contributed by atoms with E-state index in [1.54, 1.807) is 5.38 Å². The summed E-state index contributed by atoms with van der Waals surface area (Å²) in [6.45, 7) is 0.207. The highest BCUT2D eigenvalue weighted by atomic mass is 32.1. The van der Waals surface area contributed by atoms with Gasteiger partial charge in [0, 0.05) is 5.38 Å². The van der Waals surface area contributed by atoms with E-state index in [0.29, 0.717) is 16.3 Å². The molecule has 5 nitrogen and oxygen atoms in total. The number of anilines is 1. The number of nitriles is 1. The van der Waals surface area contributed by atoms with Crippen LogP contribution in [-0.4, -0.2) is 15.2 Å². The van der Waals surface area contributed by atoms with Crippen molar-refractivity contribution in [1.29, 1.82) is 5.26 Å². The molecular formula is C8H4F3N5S2. The second kappa shape index (κ2) is 4.87. The van der Waals surface area contributed by atoms with E-state index in [-0.39, 0.29) is 17.4 Å². The molecule has 18 heavy (non-hydrogen) atoms. The number of hydrogen-bond donors (Lipinski definition) is 1. The third-order valence-electron chi connectivity index (χ3n) is 1.72. The van der Waals surface area contributed by atoms with E-state index in [1.807, 2.05) is 6.07 Å². The van der Waals surface area contributed by atoms with Gasteiger partial charge in [-0.1, -0.05) is 11.3 Å². The lowest BCUT2D eigenvalue weighted by Gasteiger charge is -1.98. The molecule has 94 valence electrons. The van der Waals surface area contributed by atoms with Gasteiger partial charge >= 0.3 is 6.18 Å². The molecule has 0 spiro atoms. The van der Waals surface area contributed by atoms with Crippen LogP contribution >= 0.6 is 22.7 Å². The molecule has 0 aliphatic carbocycles. The summed E-state index contributed by atoms with van der Waals surface area (Å²) in [6, 6.07) is 1.87. The first-order valence-corrected chi connectivity index (χ1v) is 6.17. The second-order valence-corrected chi connectivity index (χ2v) is 4.92. The number of aromatic nitrogens is 3. The van der Waals surface area contributed by atoms with Gasteiger partial charge in [0.2, 0.25) is 10.1 Å². The maximum absolute atomic E-state index is 12.2. The first-order valence-electron chi connectivity index (χ1n) is 4.48. The molecule has 10 heteroatoms. The highest BCUT2D eigenvalue weighted by molar-refractivity contribution is 7.15. The van der Waals surface area contributed by atoms with Gasteiger partial charge < -0.3 is 5.32 Å². The minimum Gasteiger partial charge on any atom is -0.354 e. The average Bonchev–Trinajstić information content (AvgIpc) is 2.94. The Balaban J connectivity index is 1.98. The van der Waals surface area contributed by atoms with Crippen LogP contribution in [0.15, 0.2) is 5.38 Å². The minimum atomic E-state index is -4.48. The van der Waals surface area contributed by atoms with Crippen LogP contribution < -0.4 is 5.32 Å². The summed E-state index contributed by atoms with van der Waals surface area (Å²) in [6.07, 6.45) is -4.48. The molecule has 0 fully saturated rings. The molecule has 0 radical (unpaired) electrons. The van der Waals surface area contributed by atoms with Gasteiger partial charge in [-0.15, -0.1) is 21.5 Å². The summed E-state index contributed by atoms with van der Waals surface area (Å²) in [4.78, 5) is 3.93. The Kier molecular flexibility index (Phi) is 3.44. The Labute approximate surface area is 107 Å². The number of nitrogens with zero attached hydrogens (tertiary/aromatic N) is 4. The molecule has 2 aromatic rings. The molecule has 0 amide bonds. The fourth-order valence-electron chi connectivity index (χ4n) is 1.00. The van der Waals surface area contributed by atoms with E-state index in [2.05, 4.69) is 20.5 Å². The largest absolute Gasteiger partial charge is 0.445 e. The van der Waals surface area contributed by atoms with E-state index in [9.17, 15) is 13.2 Å². The van der Waals surface area contributed by atoms with E-state index >= 15 is 0 Å². The Morgan fingerprint density at radius 3 is 2.72 bits per heavy atom. The quantitative estimate of drug-likeness (QED) is 0.940. The van der Waals surface area contributed by atoms with Crippen molar-refractivity contribution in [2.75, 3.05) is 5.32 Å². The smallest absolute Gasteiger partial charge is 0.354 e. The van der Waals surface area contributed by atoms with Crippen molar-refractivity contribution in [2.24, 2.45) is 0 Å². The van der Waals surface area contributed by atoms with E-state index in [0.717, 1.165) is 0 Å². The van der Waals surface area contributed by atoms with Crippen LogP contribution in [0, 0.1) is 11.3 Å². The van der Waals surface area contributed by atoms with Gasteiger partial charge in [-0.3, -0.25) is 0 Å². The number of alkyl halides is 3. The number of rotatable bonds is 3. The molecule has 0 aromatic carbocycles. The van der Waals surface area contributed by atoms with Crippen LogP contribution in [0.4, 0.5) is 18.3 Å². The van der Waals surface area contributed by atoms with Crippen LogP contribution in [0.2, 0.25) is 0 Å². The van der Waals surface area contributed by atoms with Crippen LogP contribution in [-0.2, 0) is 12.7 Å². The van der Waals surface area contributed by atoms with Crippen LogP contribution in [0.1, 0.15) is 15.7 Å². The summed E-state index contributed by atoms with van der Waals surface area (Å²) in [7, 11) is 0. The maximum Gasteiger partial charge on any atom is 0.445 e. The Morgan fingerprint density at radius 1 is 1.39 bits per heavy atom. The third-order valence-corrected chi connectivity index (χ3v) is 3.50. The van der Waals surface area contributed by atoms with E-state index in [1.165, 1.54) is 11.3 Å². The lowest BCUT2D eigenvalue weighted by atomic mass is 10.5. The van der Waals surface area contributed by atoms with Gasteiger partial charge in [-0.05, 0) is 0 Å². The van der Waals surface area contributed by atoms with E-state index < -0.39 is 11.2 Å². The summed E-state index contributed by atoms with van der Waals surface area (Å²) < 4.78 is 36.7. The zero-order valence-electron chi connectivity index (χ0n) is 8.52. The lowest BCUT2D eigenvalue weighted by molar-refractivity contribution is -0.138. The van der Waals surface area contributed by atoms with Crippen molar-refractivity contribution in [3.05, 3.63) is 21.1 Å². The van der Waals surface area contributed by atoms with Gasteiger partial charge in [-0.25, -0.2) is 4.98 Å². The van der Waals surface area contributed by atoms with Crippen molar-refractivity contribution >= 4 is 27.8 Å². The van der Waals surface area contributed by atoms with Crippen LogP contribution in [0.25, 0.3) is 0 Å². The fraction of sp³-hybridized carbons (Fsp3) is 0.250. The summed E-state index contributed by atoms with van der Waals surface area (Å²) in [5.74, 6) is 0. The van der Waals surface area contributed by atoms with Gasteiger partial charge in [-0.2, -0.15) is 18.4 Å². The monoisotopic (exact) mass is 291 g/mol. The molecule has 0 atom stereocenters. The zero-order valence-corrected chi connectivity index (χ0v) is 10.2. The molecule has 0 aliphatic heterocycles. The van der Waals surface area contributed by atoms with Crippen molar-refractivity contribution in [3.63, 3.8) is 0 Å². The molecule has 0 saturated carbocycles. The predicted molar refractivity (Wildman–Crippen MR) is 59.1 cm³/mol. The van der Waals surface area contributed by atoms with Crippen molar-refractivity contribution in [3.8, 4) is 6.07 Å². The number of hydrogen-bond acceptors (Lipinski definition) is 7. The molecule has 0 unspecified atom stereocenters. The van der Waals surface area contributed by atoms with Gasteiger partial charge in [0.1, 0.15) is 11.1 Å². The minimum absolute atomic E-state index is 0.0658. The molecule has 2 rings (SSSR count).